The molecule has 0 spiro atoms. The van der Waals surface area contributed by atoms with E-state index >= 15 is 0 Å². The van der Waals surface area contributed by atoms with Crippen molar-refractivity contribution < 1.29 is 4.79 Å². The van der Waals surface area contributed by atoms with Crippen molar-refractivity contribution in [2.75, 3.05) is 30.4 Å². The van der Waals surface area contributed by atoms with Crippen LogP contribution in [0.5, 0.6) is 0 Å². The lowest BCUT2D eigenvalue weighted by atomic mass is 10.3. The largest absolute Gasteiger partial charge is 0.348 e. The number of amides is 2. The second-order valence-corrected chi connectivity index (χ2v) is 6.63. The zero-order valence-electron chi connectivity index (χ0n) is 14.7. The van der Waals surface area contributed by atoms with Crippen molar-refractivity contribution in [1.82, 2.24) is 24.4 Å². The van der Waals surface area contributed by atoms with Crippen LogP contribution in [-0.2, 0) is 6.54 Å². The van der Waals surface area contributed by atoms with Gasteiger partial charge in [-0.25, -0.2) is 14.8 Å². The molecule has 0 radical (unpaired) electrons. The third-order valence-electron chi connectivity index (χ3n) is 4.32. The summed E-state index contributed by atoms with van der Waals surface area (Å²) in [7, 11) is 1.78. The number of halogens is 1. The van der Waals surface area contributed by atoms with Crippen molar-refractivity contribution in [3.8, 4) is 5.69 Å². The van der Waals surface area contributed by atoms with Gasteiger partial charge in [-0.05, 0) is 30.3 Å². The molecule has 9 heteroatoms. The number of urea groups is 1. The van der Waals surface area contributed by atoms with Gasteiger partial charge >= 0.3 is 6.03 Å². The first-order chi connectivity index (χ1) is 13.1. The molecule has 0 atom stereocenters. The predicted octanol–water partition coefficient (Wildman–Crippen LogP) is 2.80. The molecule has 0 aliphatic carbocycles. The van der Waals surface area contributed by atoms with E-state index in [1.165, 1.54) is 0 Å². The van der Waals surface area contributed by atoms with Gasteiger partial charge in [0.2, 0.25) is 5.95 Å². The summed E-state index contributed by atoms with van der Waals surface area (Å²) >= 11 is 5.92. The minimum atomic E-state index is -0.0543. The zero-order valence-corrected chi connectivity index (χ0v) is 15.5. The van der Waals surface area contributed by atoms with Gasteiger partial charge in [-0.15, -0.1) is 0 Å². The number of benzene rings is 1. The molecule has 1 saturated heterocycles. The minimum absolute atomic E-state index is 0.0543. The Morgan fingerprint density at radius 2 is 1.96 bits per heavy atom. The SMILES string of the molecule is CN1CCN(c2ccnc(NCc3cn(-c4ccc(Cl)cc4)cn3)n2)C1=O. The van der Waals surface area contributed by atoms with Crippen LogP contribution in [0.3, 0.4) is 0 Å². The molecule has 1 N–H and O–H groups in total. The van der Waals surface area contributed by atoms with Crippen LogP contribution in [0, 0.1) is 0 Å². The van der Waals surface area contributed by atoms with E-state index in [1.807, 2.05) is 35.0 Å². The van der Waals surface area contributed by atoms with Crippen molar-refractivity contribution in [2.24, 2.45) is 0 Å². The number of hydrogen-bond acceptors (Lipinski definition) is 5. The van der Waals surface area contributed by atoms with Gasteiger partial charge in [-0.1, -0.05) is 11.6 Å². The van der Waals surface area contributed by atoms with E-state index in [9.17, 15) is 4.79 Å². The molecule has 4 rings (SSSR count). The minimum Gasteiger partial charge on any atom is -0.348 e. The molecule has 1 fully saturated rings. The maximum Gasteiger partial charge on any atom is 0.325 e. The number of nitrogens with one attached hydrogen (secondary N) is 1. The molecule has 1 aliphatic rings. The first kappa shape index (κ1) is 17.3. The Hall–Kier alpha value is -3.13. The van der Waals surface area contributed by atoms with Crippen LogP contribution in [0.15, 0.2) is 49.1 Å². The number of rotatable bonds is 5. The summed E-state index contributed by atoms with van der Waals surface area (Å²) < 4.78 is 1.92. The molecule has 0 unspecified atom stereocenters. The number of likely N-dealkylation sites (N-methyl/N-ethyl adjacent to an activating group) is 1. The Morgan fingerprint density at radius 3 is 2.70 bits per heavy atom. The molecule has 0 bridgehead atoms. The Morgan fingerprint density at radius 1 is 1.15 bits per heavy atom. The topological polar surface area (TPSA) is 79.2 Å². The molecule has 2 aromatic heterocycles. The lowest BCUT2D eigenvalue weighted by Gasteiger charge is -2.15. The first-order valence-corrected chi connectivity index (χ1v) is 8.86. The highest BCUT2D eigenvalue weighted by molar-refractivity contribution is 6.30. The van der Waals surface area contributed by atoms with Crippen molar-refractivity contribution in [2.45, 2.75) is 6.54 Å². The van der Waals surface area contributed by atoms with E-state index in [0.717, 1.165) is 11.4 Å². The van der Waals surface area contributed by atoms with Crippen molar-refractivity contribution >= 4 is 29.4 Å². The quantitative estimate of drug-likeness (QED) is 0.732. The Labute approximate surface area is 161 Å². The number of imidazole rings is 1. The number of carbonyl (C=O) groups is 1. The van der Waals surface area contributed by atoms with Crippen molar-refractivity contribution in [1.29, 1.82) is 0 Å². The third-order valence-corrected chi connectivity index (χ3v) is 4.57. The molecule has 3 aromatic rings. The average molecular weight is 384 g/mol. The Bertz CT molecular complexity index is 956. The van der Waals surface area contributed by atoms with Crippen LogP contribution < -0.4 is 10.2 Å². The Balaban J connectivity index is 1.43. The molecule has 2 amide bonds. The molecule has 0 saturated carbocycles. The normalized spacial score (nSPS) is 14.1. The van der Waals surface area contributed by atoms with E-state index in [2.05, 4.69) is 20.3 Å². The molecule has 138 valence electrons. The first-order valence-electron chi connectivity index (χ1n) is 8.48. The molecule has 1 aromatic carbocycles. The highest BCUT2D eigenvalue weighted by Gasteiger charge is 2.27. The van der Waals surface area contributed by atoms with E-state index in [0.29, 0.717) is 36.4 Å². The highest BCUT2D eigenvalue weighted by atomic mass is 35.5. The lowest BCUT2D eigenvalue weighted by Crippen LogP contribution is -2.30. The monoisotopic (exact) mass is 383 g/mol. The van der Waals surface area contributed by atoms with Crippen molar-refractivity contribution in [3.05, 3.63) is 59.8 Å². The van der Waals surface area contributed by atoms with Crippen LogP contribution in [0.1, 0.15) is 5.69 Å². The van der Waals surface area contributed by atoms with Gasteiger partial charge in [-0.3, -0.25) is 4.90 Å². The third kappa shape index (κ3) is 3.70. The second kappa shape index (κ2) is 7.24. The van der Waals surface area contributed by atoms with Crippen LogP contribution in [0.25, 0.3) is 5.69 Å². The smallest absolute Gasteiger partial charge is 0.325 e. The summed E-state index contributed by atoms with van der Waals surface area (Å²) in [4.78, 5) is 28.5. The fourth-order valence-electron chi connectivity index (χ4n) is 2.82. The Kier molecular flexibility index (Phi) is 4.64. The van der Waals surface area contributed by atoms with Crippen LogP contribution in [-0.4, -0.2) is 50.6 Å². The van der Waals surface area contributed by atoms with Gasteiger partial charge in [0.1, 0.15) is 5.82 Å². The summed E-state index contributed by atoms with van der Waals surface area (Å²) in [6.07, 6.45) is 5.32. The highest BCUT2D eigenvalue weighted by Crippen LogP contribution is 2.18. The number of hydrogen-bond donors (Lipinski definition) is 1. The molecule has 1 aliphatic heterocycles. The zero-order chi connectivity index (χ0) is 18.8. The fourth-order valence-corrected chi connectivity index (χ4v) is 2.95. The standard InChI is InChI=1S/C18H18ClN7O/c1-24-8-9-26(18(24)27)16-6-7-20-17(23-16)21-10-14-11-25(12-22-14)15-4-2-13(19)3-5-15/h2-7,11-12H,8-10H2,1H3,(H,20,21,23). The van der Waals surface area contributed by atoms with Gasteiger partial charge < -0.3 is 14.8 Å². The molecule has 8 nitrogen and oxygen atoms in total. The summed E-state index contributed by atoms with van der Waals surface area (Å²) in [6.45, 7) is 1.78. The average Bonchev–Trinajstić information content (AvgIpc) is 3.28. The number of aromatic nitrogens is 4. The van der Waals surface area contributed by atoms with Crippen molar-refractivity contribution in [3.63, 3.8) is 0 Å². The van der Waals surface area contributed by atoms with Gasteiger partial charge in [0, 0.05) is 43.2 Å². The van der Waals surface area contributed by atoms with Gasteiger partial charge in [0.05, 0.1) is 18.6 Å². The molecular weight excluding hydrogens is 366 g/mol. The van der Waals surface area contributed by atoms with Gasteiger partial charge in [0.15, 0.2) is 0 Å². The van der Waals surface area contributed by atoms with E-state index in [-0.39, 0.29) is 6.03 Å². The number of anilines is 2. The lowest BCUT2D eigenvalue weighted by molar-refractivity contribution is 0.229. The number of nitrogens with zero attached hydrogens (tertiary/aromatic N) is 6. The number of carbonyl (C=O) groups excluding carboxylic acids is 1. The molecular formula is C18H18ClN7O. The van der Waals surface area contributed by atoms with Gasteiger partial charge in [0.25, 0.3) is 0 Å². The maximum absolute atomic E-state index is 12.1. The summed E-state index contributed by atoms with van der Waals surface area (Å²) in [5, 5.41) is 3.85. The van der Waals surface area contributed by atoms with E-state index in [1.54, 1.807) is 35.4 Å². The summed E-state index contributed by atoms with van der Waals surface area (Å²) in [6, 6.07) is 9.21. The molecule has 27 heavy (non-hydrogen) atoms. The van der Waals surface area contributed by atoms with E-state index in [4.69, 9.17) is 11.6 Å². The van der Waals surface area contributed by atoms with Gasteiger partial charge in [-0.2, -0.15) is 4.98 Å². The van der Waals surface area contributed by atoms with Crippen LogP contribution in [0.2, 0.25) is 5.02 Å². The summed E-state index contributed by atoms with van der Waals surface area (Å²) in [5.41, 5.74) is 1.82. The van der Waals surface area contributed by atoms with Crippen LogP contribution in [0.4, 0.5) is 16.6 Å². The maximum atomic E-state index is 12.1. The van der Waals surface area contributed by atoms with Crippen LogP contribution >= 0.6 is 11.6 Å². The second-order valence-electron chi connectivity index (χ2n) is 6.20. The summed E-state index contributed by atoms with van der Waals surface area (Å²) in [5.74, 6) is 1.05. The fraction of sp³-hybridized carbons (Fsp3) is 0.222. The van der Waals surface area contributed by atoms with E-state index < -0.39 is 0 Å². The molecule has 3 heterocycles. The predicted molar refractivity (Wildman–Crippen MR) is 103 cm³/mol.